The summed E-state index contributed by atoms with van der Waals surface area (Å²) in [6.07, 6.45) is 0.959. The topological polar surface area (TPSA) is 74.7 Å². The quantitative estimate of drug-likeness (QED) is 0.889. The van der Waals surface area contributed by atoms with E-state index >= 15 is 0 Å². The molecule has 1 fully saturated rings. The number of hydrogen-bond donors (Lipinski definition) is 1. The van der Waals surface area contributed by atoms with Crippen LogP contribution in [0.2, 0.25) is 0 Å². The highest BCUT2D eigenvalue weighted by molar-refractivity contribution is 9.10. The molecule has 1 heterocycles. The largest absolute Gasteiger partial charge is 0.481 e. The van der Waals surface area contributed by atoms with Gasteiger partial charge in [0.25, 0.3) is 0 Å². The Bertz CT molecular complexity index is 634. The Hall–Kier alpha value is -0.990. The van der Waals surface area contributed by atoms with Gasteiger partial charge < -0.3 is 5.11 Å². The van der Waals surface area contributed by atoms with Gasteiger partial charge >= 0.3 is 5.97 Å². The van der Waals surface area contributed by atoms with Crippen LogP contribution < -0.4 is 0 Å². The van der Waals surface area contributed by atoms with E-state index < -0.39 is 27.7 Å². The normalized spacial score (nSPS) is 20.8. The number of rotatable bonds is 3. The second-order valence-electron chi connectivity index (χ2n) is 4.62. The first kappa shape index (κ1) is 15.4. The summed E-state index contributed by atoms with van der Waals surface area (Å²) in [7, 11) is -3.82. The Morgan fingerprint density at radius 2 is 2.15 bits per heavy atom. The van der Waals surface area contributed by atoms with Crippen LogP contribution in [-0.4, -0.2) is 36.9 Å². The number of halogens is 2. The Morgan fingerprint density at radius 1 is 1.45 bits per heavy atom. The lowest BCUT2D eigenvalue weighted by atomic mass is 10.0. The number of carboxylic acid groups (broad SMARTS) is 1. The minimum Gasteiger partial charge on any atom is -0.481 e. The maximum absolute atomic E-state index is 13.0. The van der Waals surface area contributed by atoms with Crippen LogP contribution in [-0.2, 0) is 14.8 Å². The predicted octanol–water partition coefficient (Wildman–Crippen LogP) is 2.07. The Labute approximate surface area is 124 Å². The summed E-state index contributed by atoms with van der Waals surface area (Å²) in [5, 5.41) is 9.00. The number of sulfonamides is 1. The molecule has 0 unspecified atom stereocenters. The van der Waals surface area contributed by atoms with Gasteiger partial charge in [0.1, 0.15) is 5.82 Å². The van der Waals surface area contributed by atoms with E-state index in [2.05, 4.69) is 15.9 Å². The molecule has 1 aromatic rings. The SMILES string of the molecule is O=C(O)[C@@H]1CCCN(S(=O)(=O)c2ccc(F)cc2Br)C1. The van der Waals surface area contributed by atoms with Gasteiger partial charge in [-0.25, -0.2) is 12.8 Å². The molecular weight excluding hydrogens is 353 g/mol. The van der Waals surface area contributed by atoms with Crippen molar-refractivity contribution < 1.29 is 22.7 Å². The fraction of sp³-hybridized carbons (Fsp3) is 0.417. The summed E-state index contributed by atoms with van der Waals surface area (Å²) in [4.78, 5) is 10.9. The maximum Gasteiger partial charge on any atom is 0.307 e. The molecule has 0 aromatic heterocycles. The van der Waals surface area contributed by atoms with E-state index in [-0.39, 0.29) is 22.5 Å². The maximum atomic E-state index is 13.0. The second-order valence-corrected chi connectivity index (χ2v) is 7.38. The van der Waals surface area contributed by atoms with E-state index in [0.717, 1.165) is 16.4 Å². The van der Waals surface area contributed by atoms with Crippen molar-refractivity contribution in [3.8, 4) is 0 Å². The average molecular weight is 366 g/mol. The van der Waals surface area contributed by atoms with E-state index in [1.807, 2.05) is 0 Å². The molecule has 1 N–H and O–H groups in total. The van der Waals surface area contributed by atoms with Crippen molar-refractivity contribution in [2.45, 2.75) is 17.7 Å². The van der Waals surface area contributed by atoms with Crippen molar-refractivity contribution in [2.24, 2.45) is 5.92 Å². The van der Waals surface area contributed by atoms with Crippen LogP contribution >= 0.6 is 15.9 Å². The molecule has 1 aromatic carbocycles. The Kier molecular flexibility index (Phi) is 4.46. The molecule has 8 heteroatoms. The average Bonchev–Trinajstić information content (AvgIpc) is 2.38. The van der Waals surface area contributed by atoms with Crippen molar-refractivity contribution in [1.29, 1.82) is 0 Å². The van der Waals surface area contributed by atoms with E-state index in [1.54, 1.807) is 0 Å². The lowest BCUT2D eigenvalue weighted by molar-refractivity contribution is -0.142. The Balaban J connectivity index is 2.32. The molecule has 0 spiro atoms. The highest BCUT2D eigenvalue weighted by Gasteiger charge is 2.34. The fourth-order valence-electron chi connectivity index (χ4n) is 2.19. The predicted molar refractivity (Wildman–Crippen MR) is 73.2 cm³/mol. The van der Waals surface area contributed by atoms with Crippen molar-refractivity contribution in [2.75, 3.05) is 13.1 Å². The first-order chi connectivity index (χ1) is 9.32. The summed E-state index contributed by atoms with van der Waals surface area (Å²) < 4.78 is 39.2. The van der Waals surface area contributed by atoms with E-state index in [4.69, 9.17) is 5.11 Å². The highest BCUT2D eigenvalue weighted by atomic mass is 79.9. The highest BCUT2D eigenvalue weighted by Crippen LogP contribution is 2.29. The molecule has 1 aliphatic rings. The summed E-state index contributed by atoms with van der Waals surface area (Å²) in [5.41, 5.74) is 0. The van der Waals surface area contributed by atoms with Crippen molar-refractivity contribution in [1.82, 2.24) is 4.31 Å². The van der Waals surface area contributed by atoms with Gasteiger partial charge in [-0.15, -0.1) is 0 Å². The third-order valence-corrected chi connectivity index (χ3v) is 6.09. The van der Waals surface area contributed by atoms with Crippen LogP contribution in [0.4, 0.5) is 4.39 Å². The van der Waals surface area contributed by atoms with Crippen LogP contribution in [0.15, 0.2) is 27.6 Å². The zero-order valence-electron chi connectivity index (χ0n) is 10.4. The molecule has 0 saturated carbocycles. The minimum atomic E-state index is -3.82. The lowest BCUT2D eigenvalue weighted by Crippen LogP contribution is -2.42. The molecule has 20 heavy (non-hydrogen) atoms. The van der Waals surface area contributed by atoms with Crippen LogP contribution in [0.25, 0.3) is 0 Å². The molecule has 1 saturated heterocycles. The molecule has 5 nitrogen and oxygen atoms in total. The number of aliphatic carboxylic acids is 1. The van der Waals surface area contributed by atoms with Gasteiger partial charge in [-0.1, -0.05) is 0 Å². The number of piperidine rings is 1. The van der Waals surface area contributed by atoms with Gasteiger partial charge in [-0.3, -0.25) is 4.79 Å². The lowest BCUT2D eigenvalue weighted by Gasteiger charge is -2.30. The van der Waals surface area contributed by atoms with Gasteiger partial charge in [0, 0.05) is 17.6 Å². The molecule has 1 atom stereocenters. The van der Waals surface area contributed by atoms with E-state index in [9.17, 15) is 17.6 Å². The molecule has 0 amide bonds. The second kappa shape index (κ2) is 5.79. The molecule has 0 aliphatic carbocycles. The molecule has 0 radical (unpaired) electrons. The standard InChI is InChI=1S/C12H13BrFNO4S/c13-10-6-9(14)3-4-11(10)20(18,19)15-5-1-2-8(7-15)12(16)17/h3-4,6,8H,1-2,5,7H2,(H,16,17)/t8-/m1/s1. The van der Waals surface area contributed by atoms with Crippen LogP contribution in [0.5, 0.6) is 0 Å². The Morgan fingerprint density at radius 3 is 2.75 bits per heavy atom. The number of hydrogen-bond acceptors (Lipinski definition) is 3. The molecule has 1 aliphatic heterocycles. The van der Waals surface area contributed by atoms with Crippen molar-refractivity contribution >= 4 is 31.9 Å². The smallest absolute Gasteiger partial charge is 0.307 e. The van der Waals surface area contributed by atoms with Crippen molar-refractivity contribution in [3.05, 3.63) is 28.5 Å². The van der Waals surface area contributed by atoms with Gasteiger partial charge in [-0.05, 0) is 47.0 Å². The van der Waals surface area contributed by atoms with Gasteiger partial charge in [0.05, 0.1) is 10.8 Å². The zero-order valence-corrected chi connectivity index (χ0v) is 12.8. The molecule has 110 valence electrons. The zero-order chi connectivity index (χ0) is 14.9. The third-order valence-electron chi connectivity index (χ3n) is 3.25. The molecule has 2 rings (SSSR count). The minimum absolute atomic E-state index is 0.0510. The monoisotopic (exact) mass is 365 g/mol. The van der Waals surface area contributed by atoms with Crippen LogP contribution in [0.1, 0.15) is 12.8 Å². The van der Waals surface area contributed by atoms with Crippen molar-refractivity contribution in [3.63, 3.8) is 0 Å². The summed E-state index contributed by atoms with van der Waals surface area (Å²) in [6, 6.07) is 3.32. The first-order valence-corrected chi connectivity index (χ1v) is 8.23. The number of benzene rings is 1. The van der Waals surface area contributed by atoms with Gasteiger partial charge in [-0.2, -0.15) is 4.31 Å². The summed E-state index contributed by atoms with van der Waals surface area (Å²) in [5.74, 6) is -2.24. The van der Waals surface area contributed by atoms with Crippen LogP contribution in [0.3, 0.4) is 0 Å². The molecular formula is C12H13BrFNO4S. The molecule has 0 bridgehead atoms. The number of nitrogens with zero attached hydrogens (tertiary/aromatic N) is 1. The first-order valence-electron chi connectivity index (χ1n) is 6.00. The van der Waals surface area contributed by atoms with Gasteiger partial charge in [0.2, 0.25) is 10.0 Å². The third kappa shape index (κ3) is 3.02. The van der Waals surface area contributed by atoms with E-state index in [1.165, 1.54) is 6.07 Å². The van der Waals surface area contributed by atoms with E-state index in [0.29, 0.717) is 12.8 Å². The number of carboxylic acids is 1. The van der Waals surface area contributed by atoms with Gasteiger partial charge in [0.15, 0.2) is 0 Å². The summed E-state index contributed by atoms with van der Waals surface area (Å²) in [6.45, 7) is 0.220. The summed E-state index contributed by atoms with van der Waals surface area (Å²) >= 11 is 3.03. The fourth-order valence-corrected chi connectivity index (χ4v) is 4.72. The number of carbonyl (C=O) groups is 1. The van der Waals surface area contributed by atoms with Crippen LogP contribution in [0, 0.1) is 11.7 Å².